The van der Waals surface area contributed by atoms with Gasteiger partial charge in [0.15, 0.2) is 0 Å². The summed E-state index contributed by atoms with van der Waals surface area (Å²) < 4.78 is 13.9. The molecule has 0 saturated heterocycles. The van der Waals surface area contributed by atoms with E-state index in [4.69, 9.17) is 0 Å². The van der Waals surface area contributed by atoms with E-state index in [-0.39, 0.29) is 5.82 Å². The molecule has 0 radical (unpaired) electrons. The van der Waals surface area contributed by atoms with Crippen molar-refractivity contribution >= 4 is 5.69 Å². The minimum absolute atomic E-state index is 0.349. The van der Waals surface area contributed by atoms with Gasteiger partial charge in [-0.25, -0.2) is 4.39 Å². The first kappa shape index (κ1) is 14.5. The molecule has 0 aliphatic carbocycles. The van der Waals surface area contributed by atoms with E-state index < -0.39 is 6.10 Å². The fourth-order valence-electron chi connectivity index (χ4n) is 2.32. The highest BCUT2D eigenvalue weighted by molar-refractivity contribution is 5.55. The Kier molecular flexibility index (Phi) is 4.40. The lowest BCUT2D eigenvalue weighted by atomic mass is 10.1. The number of hydrogen-bond acceptors (Lipinski definition) is 2. The molecule has 0 spiro atoms. The second kappa shape index (κ2) is 6.06. The molecule has 2 rings (SSSR count). The van der Waals surface area contributed by atoms with Crippen LogP contribution in [0.1, 0.15) is 29.7 Å². The molecule has 106 valence electrons. The minimum atomic E-state index is -0.827. The standard InChI is InChI=1S/C17H20FNO/c1-12-7-9-14(10-8-12)11-19(3)16-6-4-5-15(18)17(16)13(2)20/h4-10,13,20H,11H2,1-3H3/t13-/m0/s1. The molecule has 0 saturated carbocycles. The van der Waals surface area contributed by atoms with Crippen molar-refractivity contribution in [3.8, 4) is 0 Å². The Labute approximate surface area is 119 Å². The summed E-state index contributed by atoms with van der Waals surface area (Å²) in [5, 5.41) is 9.77. The predicted molar refractivity (Wildman–Crippen MR) is 80.3 cm³/mol. The highest BCUT2D eigenvalue weighted by Gasteiger charge is 2.16. The van der Waals surface area contributed by atoms with Gasteiger partial charge in [-0.05, 0) is 31.5 Å². The van der Waals surface area contributed by atoms with Crippen molar-refractivity contribution in [3.05, 3.63) is 65.0 Å². The molecule has 0 amide bonds. The van der Waals surface area contributed by atoms with Gasteiger partial charge in [-0.1, -0.05) is 35.9 Å². The van der Waals surface area contributed by atoms with Crippen molar-refractivity contribution in [2.75, 3.05) is 11.9 Å². The van der Waals surface area contributed by atoms with Gasteiger partial charge in [0.1, 0.15) is 5.82 Å². The molecule has 0 aromatic heterocycles. The minimum Gasteiger partial charge on any atom is -0.389 e. The second-order valence-corrected chi connectivity index (χ2v) is 5.19. The summed E-state index contributed by atoms with van der Waals surface area (Å²) >= 11 is 0. The smallest absolute Gasteiger partial charge is 0.131 e. The van der Waals surface area contributed by atoms with E-state index in [2.05, 4.69) is 24.3 Å². The zero-order valence-corrected chi connectivity index (χ0v) is 12.1. The molecule has 0 fully saturated rings. The lowest BCUT2D eigenvalue weighted by Gasteiger charge is -2.24. The third kappa shape index (κ3) is 3.17. The van der Waals surface area contributed by atoms with Crippen LogP contribution in [0.5, 0.6) is 0 Å². The van der Waals surface area contributed by atoms with E-state index in [1.165, 1.54) is 11.6 Å². The molecule has 0 unspecified atom stereocenters. The largest absolute Gasteiger partial charge is 0.389 e. The first-order valence-electron chi connectivity index (χ1n) is 6.72. The topological polar surface area (TPSA) is 23.5 Å². The van der Waals surface area contributed by atoms with Crippen LogP contribution in [0.3, 0.4) is 0 Å². The van der Waals surface area contributed by atoms with Crippen LogP contribution in [0, 0.1) is 12.7 Å². The molecule has 2 nitrogen and oxygen atoms in total. The van der Waals surface area contributed by atoms with Crippen LogP contribution >= 0.6 is 0 Å². The molecule has 0 aliphatic heterocycles. The third-order valence-corrected chi connectivity index (χ3v) is 3.40. The zero-order chi connectivity index (χ0) is 14.7. The van der Waals surface area contributed by atoms with Crippen molar-refractivity contribution in [3.63, 3.8) is 0 Å². The second-order valence-electron chi connectivity index (χ2n) is 5.19. The first-order valence-corrected chi connectivity index (χ1v) is 6.72. The summed E-state index contributed by atoms with van der Waals surface area (Å²) in [4.78, 5) is 1.95. The summed E-state index contributed by atoms with van der Waals surface area (Å²) in [6.45, 7) is 4.30. The predicted octanol–water partition coefficient (Wildman–Crippen LogP) is 3.82. The van der Waals surface area contributed by atoms with Crippen molar-refractivity contribution in [2.24, 2.45) is 0 Å². The van der Waals surface area contributed by atoms with Crippen LogP contribution in [-0.2, 0) is 6.54 Å². The first-order chi connectivity index (χ1) is 9.49. The maximum atomic E-state index is 13.9. The summed E-state index contributed by atoms with van der Waals surface area (Å²) in [5.74, 6) is -0.367. The number of rotatable bonds is 4. The Morgan fingerprint density at radius 3 is 2.40 bits per heavy atom. The lowest BCUT2D eigenvalue weighted by molar-refractivity contribution is 0.194. The van der Waals surface area contributed by atoms with Crippen molar-refractivity contribution in [2.45, 2.75) is 26.5 Å². The van der Waals surface area contributed by atoms with Gasteiger partial charge >= 0.3 is 0 Å². The third-order valence-electron chi connectivity index (χ3n) is 3.40. The monoisotopic (exact) mass is 273 g/mol. The molecule has 20 heavy (non-hydrogen) atoms. The Morgan fingerprint density at radius 2 is 1.80 bits per heavy atom. The number of benzene rings is 2. The molecule has 0 heterocycles. The average molecular weight is 273 g/mol. The average Bonchev–Trinajstić information content (AvgIpc) is 2.40. The van der Waals surface area contributed by atoms with E-state index in [0.29, 0.717) is 12.1 Å². The Balaban J connectivity index is 2.27. The number of anilines is 1. The molecule has 2 aromatic carbocycles. The number of nitrogens with zero attached hydrogens (tertiary/aromatic N) is 1. The summed E-state index contributed by atoms with van der Waals surface area (Å²) in [5.41, 5.74) is 3.44. The van der Waals surface area contributed by atoms with Gasteiger partial charge in [0.2, 0.25) is 0 Å². The number of halogens is 1. The zero-order valence-electron chi connectivity index (χ0n) is 12.1. The van der Waals surface area contributed by atoms with Crippen LogP contribution in [0.4, 0.5) is 10.1 Å². The van der Waals surface area contributed by atoms with Crippen molar-refractivity contribution in [1.82, 2.24) is 0 Å². The van der Waals surface area contributed by atoms with E-state index in [9.17, 15) is 9.50 Å². The fourth-order valence-corrected chi connectivity index (χ4v) is 2.32. The molecule has 1 N–H and O–H groups in total. The number of aliphatic hydroxyl groups is 1. The highest BCUT2D eigenvalue weighted by atomic mass is 19.1. The lowest BCUT2D eigenvalue weighted by Crippen LogP contribution is -2.19. The van der Waals surface area contributed by atoms with Crippen LogP contribution in [0.15, 0.2) is 42.5 Å². The van der Waals surface area contributed by atoms with Gasteiger partial charge in [0, 0.05) is 24.8 Å². The number of hydrogen-bond donors (Lipinski definition) is 1. The quantitative estimate of drug-likeness (QED) is 0.915. The van der Waals surface area contributed by atoms with Crippen molar-refractivity contribution in [1.29, 1.82) is 0 Å². The van der Waals surface area contributed by atoms with Crippen LogP contribution in [0.2, 0.25) is 0 Å². The highest BCUT2D eigenvalue weighted by Crippen LogP contribution is 2.29. The molecular weight excluding hydrogens is 253 g/mol. The number of aryl methyl sites for hydroxylation is 1. The summed E-state index contributed by atoms with van der Waals surface area (Å²) in [7, 11) is 1.90. The van der Waals surface area contributed by atoms with Gasteiger partial charge in [-0.15, -0.1) is 0 Å². The van der Waals surface area contributed by atoms with Gasteiger partial charge in [-0.3, -0.25) is 0 Å². The molecule has 0 aliphatic rings. The SMILES string of the molecule is Cc1ccc(CN(C)c2cccc(F)c2[C@H](C)O)cc1. The Bertz CT molecular complexity index is 578. The Morgan fingerprint density at radius 1 is 1.15 bits per heavy atom. The molecule has 1 atom stereocenters. The van der Waals surface area contributed by atoms with Gasteiger partial charge < -0.3 is 10.0 Å². The molecule has 2 aromatic rings. The molecule has 0 bridgehead atoms. The number of aliphatic hydroxyl groups excluding tert-OH is 1. The van der Waals surface area contributed by atoms with Gasteiger partial charge in [-0.2, -0.15) is 0 Å². The van der Waals surface area contributed by atoms with Gasteiger partial charge in [0.05, 0.1) is 6.10 Å². The Hall–Kier alpha value is -1.87. The van der Waals surface area contributed by atoms with Crippen molar-refractivity contribution < 1.29 is 9.50 Å². The van der Waals surface area contributed by atoms with E-state index in [1.54, 1.807) is 13.0 Å². The maximum Gasteiger partial charge on any atom is 0.131 e. The molecular formula is C17H20FNO. The molecule has 3 heteroatoms. The summed E-state index contributed by atoms with van der Waals surface area (Å²) in [6.07, 6.45) is -0.827. The van der Waals surface area contributed by atoms with E-state index in [1.807, 2.05) is 24.9 Å². The van der Waals surface area contributed by atoms with E-state index in [0.717, 1.165) is 11.3 Å². The van der Waals surface area contributed by atoms with Crippen LogP contribution in [0.25, 0.3) is 0 Å². The van der Waals surface area contributed by atoms with E-state index >= 15 is 0 Å². The fraction of sp³-hybridized carbons (Fsp3) is 0.294. The van der Waals surface area contributed by atoms with Crippen LogP contribution < -0.4 is 4.90 Å². The maximum absolute atomic E-state index is 13.9. The van der Waals surface area contributed by atoms with Crippen LogP contribution in [-0.4, -0.2) is 12.2 Å². The summed E-state index contributed by atoms with van der Waals surface area (Å²) in [6, 6.07) is 13.1. The van der Waals surface area contributed by atoms with Gasteiger partial charge in [0.25, 0.3) is 0 Å². The normalized spacial score (nSPS) is 12.2.